The summed E-state index contributed by atoms with van der Waals surface area (Å²) < 4.78 is 3.45. The van der Waals surface area contributed by atoms with E-state index >= 15 is 0 Å². The minimum atomic E-state index is -0.423. The van der Waals surface area contributed by atoms with Gasteiger partial charge in [0.15, 0.2) is 0 Å². The number of nitrogens with zero attached hydrogens (tertiary/aromatic N) is 4. The number of hydrogen-bond acceptors (Lipinski definition) is 3. The van der Waals surface area contributed by atoms with Crippen molar-refractivity contribution in [1.82, 2.24) is 24.9 Å². The van der Waals surface area contributed by atoms with Gasteiger partial charge in [-0.3, -0.25) is 14.2 Å². The van der Waals surface area contributed by atoms with Crippen molar-refractivity contribution in [2.75, 3.05) is 0 Å². The second-order valence-corrected chi connectivity index (χ2v) is 5.43. The first-order valence-electron chi connectivity index (χ1n) is 6.97. The fourth-order valence-electron chi connectivity index (χ4n) is 2.10. The second kappa shape index (κ2) is 6.30. The monoisotopic (exact) mass is 309 g/mol. The van der Waals surface area contributed by atoms with Crippen molar-refractivity contribution in [3.8, 4) is 0 Å². The molecule has 0 aromatic carbocycles. The first kappa shape index (κ1) is 15.6. The van der Waals surface area contributed by atoms with E-state index in [1.807, 2.05) is 37.7 Å². The number of carbonyl (C=O) groups excluding carboxylic acids is 1. The molecule has 7 heteroatoms. The molecule has 114 valence electrons. The van der Waals surface area contributed by atoms with Crippen LogP contribution in [0.5, 0.6) is 0 Å². The molecule has 2 aromatic rings. The number of rotatable bonds is 5. The molecule has 0 spiro atoms. The summed E-state index contributed by atoms with van der Waals surface area (Å²) in [5, 5.41) is 12.0. The quantitative estimate of drug-likeness (QED) is 0.923. The van der Waals surface area contributed by atoms with E-state index in [9.17, 15) is 4.79 Å². The van der Waals surface area contributed by atoms with E-state index in [2.05, 4.69) is 15.5 Å². The summed E-state index contributed by atoms with van der Waals surface area (Å²) in [7, 11) is 0. The number of nitrogens with one attached hydrogen (secondary N) is 1. The molecule has 2 unspecified atom stereocenters. The van der Waals surface area contributed by atoms with Crippen LogP contribution in [0.2, 0.25) is 5.02 Å². The van der Waals surface area contributed by atoms with Crippen LogP contribution in [0.3, 0.4) is 0 Å². The Kier molecular flexibility index (Phi) is 4.67. The molecule has 1 N–H and O–H groups in total. The highest BCUT2D eigenvalue weighted by molar-refractivity contribution is 6.31. The molecule has 2 rings (SSSR count). The maximum absolute atomic E-state index is 12.3. The van der Waals surface area contributed by atoms with E-state index in [-0.39, 0.29) is 11.9 Å². The number of aryl methyl sites for hydroxylation is 1. The number of hydrogen-bond donors (Lipinski definition) is 1. The zero-order valence-corrected chi connectivity index (χ0v) is 13.4. The van der Waals surface area contributed by atoms with E-state index in [1.165, 1.54) is 0 Å². The van der Waals surface area contributed by atoms with Crippen molar-refractivity contribution in [3.05, 3.63) is 34.9 Å². The first-order valence-corrected chi connectivity index (χ1v) is 7.35. The molecule has 0 saturated carbocycles. The summed E-state index contributed by atoms with van der Waals surface area (Å²) in [6, 6.07) is 1.34. The number of halogens is 1. The van der Waals surface area contributed by atoms with Crippen LogP contribution in [0.25, 0.3) is 0 Å². The lowest BCUT2D eigenvalue weighted by molar-refractivity contribution is -0.124. The topological polar surface area (TPSA) is 64.7 Å². The molecule has 0 bridgehead atoms. The molecule has 1 amide bonds. The van der Waals surface area contributed by atoms with Crippen molar-refractivity contribution in [3.63, 3.8) is 0 Å². The third-order valence-electron chi connectivity index (χ3n) is 3.52. The van der Waals surface area contributed by atoms with Crippen LogP contribution in [-0.2, 0) is 11.3 Å². The number of amides is 1. The van der Waals surface area contributed by atoms with Crippen molar-refractivity contribution >= 4 is 17.5 Å². The minimum Gasteiger partial charge on any atom is -0.346 e. The van der Waals surface area contributed by atoms with E-state index in [0.717, 1.165) is 17.9 Å². The van der Waals surface area contributed by atoms with Crippen LogP contribution in [0, 0.1) is 6.92 Å². The number of carbonyl (C=O) groups is 1. The largest absolute Gasteiger partial charge is 0.346 e. The van der Waals surface area contributed by atoms with Gasteiger partial charge in [-0.15, -0.1) is 0 Å². The van der Waals surface area contributed by atoms with Crippen LogP contribution >= 0.6 is 11.6 Å². The third-order valence-corrected chi connectivity index (χ3v) is 3.89. The predicted octanol–water partition coefficient (Wildman–Crippen LogP) is 2.50. The average molecular weight is 310 g/mol. The van der Waals surface area contributed by atoms with E-state index in [0.29, 0.717) is 5.02 Å². The van der Waals surface area contributed by atoms with Gasteiger partial charge in [-0.2, -0.15) is 10.2 Å². The molecule has 0 radical (unpaired) electrons. The maximum atomic E-state index is 12.3. The van der Waals surface area contributed by atoms with Crippen LogP contribution < -0.4 is 5.32 Å². The van der Waals surface area contributed by atoms with Gasteiger partial charge in [0.2, 0.25) is 5.91 Å². The summed E-state index contributed by atoms with van der Waals surface area (Å²) in [5.41, 5.74) is 1.62. The Morgan fingerprint density at radius 1 is 1.48 bits per heavy atom. The Bertz CT molecular complexity index is 633. The SMILES string of the molecule is CCn1ccc(C(C)NC(=O)C(C)n2ncc(Cl)c2C)n1. The Balaban J connectivity index is 2.05. The molecular weight excluding hydrogens is 290 g/mol. The zero-order chi connectivity index (χ0) is 15.6. The van der Waals surface area contributed by atoms with Gasteiger partial charge in [0.1, 0.15) is 6.04 Å². The Labute approximate surface area is 129 Å². The van der Waals surface area contributed by atoms with Crippen molar-refractivity contribution < 1.29 is 4.79 Å². The molecule has 6 nitrogen and oxygen atoms in total. The zero-order valence-electron chi connectivity index (χ0n) is 12.7. The molecule has 0 fully saturated rings. The Morgan fingerprint density at radius 2 is 2.19 bits per heavy atom. The van der Waals surface area contributed by atoms with E-state index in [1.54, 1.807) is 17.8 Å². The van der Waals surface area contributed by atoms with Gasteiger partial charge in [-0.25, -0.2) is 0 Å². The van der Waals surface area contributed by atoms with Gasteiger partial charge in [-0.05, 0) is 33.8 Å². The summed E-state index contributed by atoms with van der Waals surface area (Å²) in [5.74, 6) is -0.114. The molecule has 0 aliphatic rings. The Morgan fingerprint density at radius 3 is 2.71 bits per heavy atom. The summed E-state index contributed by atoms with van der Waals surface area (Å²) in [6.07, 6.45) is 3.45. The fourth-order valence-corrected chi connectivity index (χ4v) is 2.23. The van der Waals surface area contributed by atoms with Crippen LogP contribution in [0.1, 0.15) is 44.2 Å². The van der Waals surface area contributed by atoms with Gasteiger partial charge in [0, 0.05) is 12.7 Å². The second-order valence-electron chi connectivity index (χ2n) is 5.03. The van der Waals surface area contributed by atoms with E-state index < -0.39 is 6.04 Å². The van der Waals surface area contributed by atoms with Gasteiger partial charge >= 0.3 is 0 Å². The van der Waals surface area contributed by atoms with Crippen molar-refractivity contribution in [2.24, 2.45) is 0 Å². The molecule has 0 saturated heterocycles. The molecule has 0 aliphatic carbocycles. The van der Waals surface area contributed by atoms with Gasteiger partial charge in [0.25, 0.3) is 0 Å². The molecule has 2 atom stereocenters. The van der Waals surface area contributed by atoms with Crippen LogP contribution in [-0.4, -0.2) is 25.5 Å². The standard InChI is InChI=1S/C14H20ClN5O/c1-5-19-7-6-13(18-19)9(2)17-14(21)11(4)20-10(3)12(15)8-16-20/h6-9,11H,5H2,1-4H3,(H,17,21). The Hall–Kier alpha value is -1.82. The maximum Gasteiger partial charge on any atom is 0.245 e. The average Bonchev–Trinajstić information content (AvgIpc) is 3.06. The van der Waals surface area contributed by atoms with Crippen molar-refractivity contribution in [2.45, 2.75) is 46.3 Å². The third kappa shape index (κ3) is 3.26. The molecular formula is C14H20ClN5O. The molecule has 21 heavy (non-hydrogen) atoms. The predicted molar refractivity (Wildman–Crippen MR) is 81.1 cm³/mol. The van der Waals surface area contributed by atoms with Gasteiger partial charge < -0.3 is 5.32 Å². The molecule has 2 aromatic heterocycles. The molecule has 0 aliphatic heterocycles. The number of aromatic nitrogens is 4. The van der Waals surface area contributed by atoms with E-state index in [4.69, 9.17) is 11.6 Å². The highest BCUT2D eigenvalue weighted by Crippen LogP contribution is 2.18. The fraction of sp³-hybridized carbons (Fsp3) is 0.500. The summed E-state index contributed by atoms with van der Waals surface area (Å²) >= 11 is 5.97. The minimum absolute atomic E-state index is 0.114. The lowest BCUT2D eigenvalue weighted by atomic mass is 10.2. The highest BCUT2D eigenvalue weighted by atomic mass is 35.5. The highest BCUT2D eigenvalue weighted by Gasteiger charge is 2.21. The lowest BCUT2D eigenvalue weighted by Gasteiger charge is -2.17. The first-order chi connectivity index (χ1) is 9.93. The van der Waals surface area contributed by atoms with Crippen molar-refractivity contribution in [1.29, 1.82) is 0 Å². The molecule has 2 heterocycles. The van der Waals surface area contributed by atoms with Crippen LogP contribution in [0.4, 0.5) is 0 Å². The lowest BCUT2D eigenvalue weighted by Crippen LogP contribution is -2.34. The van der Waals surface area contributed by atoms with Crippen LogP contribution in [0.15, 0.2) is 18.5 Å². The smallest absolute Gasteiger partial charge is 0.245 e. The van der Waals surface area contributed by atoms with Gasteiger partial charge in [0.05, 0.1) is 28.6 Å². The summed E-state index contributed by atoms with van der Waals surface area (Å²) in [6.45, 7) is 8.37. The summed E-state index contributed by atoms with van der Waals surface area (Å²) in [4.78, 5) is 12.3. The van der Waals surface area contributed by atoms with Gasteiger partial charge in [-0.1, -0.05) is 11.6 Å². The normalized spacial score (nSPS) is 14.0.